The van der Waals surface area contributed by atoms with Gasteiger partial charge in [0.15, 0.2) is 0 Å². The largest absolute Gasteiger partial charge is 0.466 e. The van der Waals surface area contributed by atoms with Crippen molar-refractivity contribution in [2.45, 2.75) is 40.2 Å². The van der Waals surface area contributed by atoms with Crippen LogP contribution in [0.25, 0.3) is 5.69 Å². The first-order valence-electron chi connectivity index (χ1n) is 12.1. The van der Waals surface area contributed by atoms with Crippen molar-refractivity contribution >= 4 is 11.9 Å². The fourth-order valence-electron chi connectivity index (χ4n) is 4.40. The normalized spacial score (nSPS) is 14.0. The molecule has 0 radical (unpaired) electrons. The van der Waals surface area contributed by atoms with Gasteiger partial charge in [0.05, 0.1) is 24.8 Å². The van der Waals surface area contributed by atoms with Crippen LogP contribution in [-0.4, -0.2) is 50.8 Å². The molecular weight excluding hydrogens is 460 g/mol. The molecule has 1 saturated heterocycles. The van der Waals surface area contributed by atoms with Gasteiger partial charge >= 0.3 is 11.7 Å². The number of hydrogen-bond donors (Lipinski definition) is 0. The van der Waals surface area contributed by atoms with Crippen molar-refractivity contribution in [2.24, 2.45) is 5.92 Å². The summed E-state index contributed by atoms with van der Waals surface area (Å²) in [5.74, 6) is -1.10. The van der Waals surface area contributed by atoms with Crippen molar-refractivity contribution in [1.82, 2.24) is 19.2 Å². The Bertz CT molecular complexity index is 1400. The Morgan fingerprint density at radius 1 is 1.03 bits per heavy atom. The van der Waals surface area contributed by atoms with Gasteiger partial charge < -0.3 is 9.64 Å². The van der Waals surface area contributed by atoms with Crippen molar-refractivity contribution in [2.75, 3.05) is 19.7 Å². The standard InChI is InChI=1S/C27H30N4O5/c1-4-36-26(34)20-12-14-29(15-13-20)24(32)23-25(33)30(17-21-10-6-5-9-19(21)3)27(35)31(28-23)22-11-7-8-18(2)16-22/h5-11,16,20H,4,12-15,17H2,1-3H3. The molecule has 1 amide bonds. The third kappa shape index (κ3) is 5.15. The highest BCUT2D eigenvalue weighted by atomic mass is 16.5. The highest BCUT2D eigenvalue weighted by molar-refractivity contribution is 5.92. The smallest absolute Gasteiger partial charge is 0.352 e. The summed E-state index contributed by atoms with van der Waals surface area (Å²) in [6.07, 6.45) is 0.888. The Labute approximate surface area is 208 Å². The first-order valence-corrected chi connectivity index (χ1v) is 12.1. The van der Waals surface area contributed by atoms with E-state index in [1.165, 1.54) is 4.90 Å². The number of nitrogens with zero attached hydrogens (tertiary/aromatic N) is 4. The number of esters is 1. The van der Waals surface area contributed by atoms with Crippen LogP contribution in [0.15, 0.2) is 58.1 Å². The van der Waals surface area contributed by atoms with Crippen LogP contribution in [-0.2, 0) is 16.1 Å². The van der Waals surface area contributed by atoms with Crippen molar-refractivity contribution < 1.29 is 14.3 Å². The van der Waals surface area contributed by atoms with Gasteiger partial charge in [0, 0.05) is 13.1 Å². The number of piperidine rings is 1. The van der Waals surface area contributed by atoms with E-state index in [2.05, 4.69) is 5.10 Å². The minimum atomic E-state index is -0.732. The molecule has 1 aromatic heterocycles. The molecule has 2 heterocycles. The average Bonchev–Trinajstić information content (AvgIpc) is 2.87. The van der Waals surface area contributed by atoms with Crippen LogP contribution < -0.4 is 11.2 Å². The predicted molar refractivity (Wildman–Crippen MR) is 134 cm³/mol. The summed E-state index contributed by atoms with van der Waals surface area (Å²) in [7, 11) is 0. The van der Waals surface area contributed by atoms with Crippen molar-refractivity contribution in [3.8, 4) is 5.69 Å². The number of carbonyl (C=O) groups excluding carboxylic acids is 2. The quantitative estimate of drug-likeness (QED) is 0.492. The zero-order valence-electron chi connectivity index (χ0n) is 20.8. The number of benzene rings is 2. The van der Waals surface area contributed by atoms with E-state index in [0.29, 0.717) is 38.2 Å². The molecule has 2 aromatic carbocycles. The van der Waals surface area contributed by atoms with E-state index < -0.39 is 17.2 Å². The maximum atomic E-state index is 13.5. The van der Waals surface area contributed by atoms with E-state index in [4.69, 9.17) is 4.74 Å². The van der Waals surface area contributed by atoms with Crippen molar-refractivity contribution in [1.29, 1.82) is 0 Å². The molecule has 36 heavy (non-hydrogen) atoms. The summed E-state index contributed by atoms with van der Waals surface area (Å²) in [4.78, 5) is 54.0. The maximum absolute atomic E-state index is 13.5. The Hall–Kier alpha value is -4.01. The third-order valence-electron chi connectivity index (χ3n) is 6.50. The van der Waals surface area contributed by atoms with Crippen molar-refractivity contribution in [3.05, 3.63) is 91.8 Å². The second-order valence-corrected chi connectivity index (χ2v) is 9.02. The van der Waals surface area contributed by atoms with Crippen molar-refractivity contribution in [3.63, 3.8) is 0 Å². The molecular formula is C27H30N4O5. The second-order valence-electron chi connectivity index (χ2n) is 9.02. The van der Waals surface area contributed by atoms with Gasteiger partial charge in [-0.15, -0.1) is 0 Å². The molecule has 0 bridgehead atoms. The number of aryl methyl sites for hydroxylation is 2. The first-order chi connectivity index (χ1) is 17.3. The summed E-state index contributed by atoms with van der Waals surface area (Å²) in [5.41, 5.74) is 1.43. The van der Waals surface area contributed by atoms with Crippen LogP contribution >= 0.6 is 0 Å². The van der Waals surface area contributed by atoms with Gasteiger partial charge in [0.25, 0.3) is 11.5 Å². The third-order valence-corrected chi connectivity index (χ3v) is 6.50. The Morgan fingerprint density at radius 2 is 1.75 bits per heavy atom. The lowest BCUT2D eigenvalue weighted by Gasteiger charge is -2.30. The van der Waals surface area contributed by atoms with Gasteiger partial charge in [-0.25, -0.2) is 4.79 Å². The molecule has 0 saturated carbocycles. The molecule has 4 rings (SSSR count). The minimum absolute atomic E-state index is 0.0177. The van der Waals surface area contributed by atoms with Gasteiger partial charge in [-0.1, -0.05) is 36.4 Å². The van der Waals surface area contributed by atoms with E-state index >= 15 is 0 Å². The molecule has 0 aliphatic carbocycles. The number of rotatable bonds is 6. The summed E-state index contributed by atoms with van der Waals surface area (Å²) in [6.45, 7) is 6.47. The highest BCUT2D eigenvalue weighted by Crippen LogP contribution is 2.20. The number of ether oxygens (including phenoxy) is 1. The van der Waals surface area contributed by atoms with Crippen LogP contribution in [0.4, 0.5) is 0 Å². The molecule has 0 unspecified atom stereocenters. The molecule has 0 atom stereocenters. The first kappa shape index (κ1) is 25.1. The lowest BCUT2D eigenvalue weighted by Crippen LogP contribution is -2.48. The molecule has 9 nitrogen and oxygen atoms in total. The second kappa shape index (κ2) is 10.7. The number of hydrogen-bond acceptors (Lipinski definition) is 6. The highest BCUT2D eigenvalue weighted by Gasteiger charge is 2.31. The molecule has 1 aliphatic heterocycles. The Balaban J connectivity index is 1.74. The summed E-state index contributed by atoms with van der Waals surface area (Å²) < 4.78 is 7.29. The van der Waals surface area contributed by atoms with Crippen LogP contribution in [0.3, 0.4) is 0 Å². The molecule has 188 valence electrons. The molecule has 9 heteroatoms. The number of amides is 1. The Morgan fingerprint density at radius 3 is 2.42 bits per heavy atom. The van der Waals surface area contributed by atoms with E-state index in [9.17, 15) is 19.2 Å². The van der Waals surface area contributed by atoms with Crippen LogP contribution in [0, 0.1) is 19.8 Å². The SMILES string of the molecule is CCOC(=O)C1CCN(C(=O)c2nn(-c3cccc(C)c3)c(=O)n(Cc3ccccc3C)c2=O)CC1. The van der Waals surface area contributed by atoms with Gasteiger partial charge in [0.2, 0.25) is 5.69 Å². The molecule has 3 aromatic rings. The number of likely N-dealkylation sites (tertiary alicyclic amines) is 1. The fourth-order valence-corrected chi connectivity index (χ4v) is 4.40. The van der Waals surface area contributed by atoms with E-state index in [0.717, 1.165) is 25.9 Å². The summed E-state index contributed by atoms with van der Waals surface area (Å²) >= 11 is 0. The van der Waals surface area contributed by atoms with Crippen LogP contribution in [0.1, 0.15) is 46.9 Å². The lowest BCUT2D eigenvalue weighted by atomic mass is 9.97. The predicted octanol–water partition coefficient (Wildman–Crippen LogP) is 2.47. The van der Waals surface area contributed by atoms with Gasteiger partial charge in [-0.05, 0) is 62.4 Å². The van der Waals surface area contributed by atoms with E-state index in [-0.39, 0.29) is 24.1 Å². The lowest BCUT2D eigenvalue weighted by molar-refractivity contribution is -0.149. The van der Waals surface area contributed by atoms with E-state index in [1.54, 1.807) is 25.1 Å². The maximum Gasteiger partial charge on any atom is 0.352 e. The fraction of sp³-hybridized carbons (Fsp3) is 0.370. The molecule has 0 spiro atoms. The van der Waals surface area contributed by atoms with Gasteiger partial charge in [-0.3, -0.25) is 19.0 Å². The molecule has 1 aliphatic rings. The van der Waals surface area contributed by atoms with Crippen LogP contribution in [0.2, 0.25) is 0 Å². The van der Waals surface area contributed by atoms with Gasteiger partial charge in [-0.2, -0.15) is 9.78 Å². The summed E-state index contributed by atoms with van der Waals surface area (Å²) in [5, 5.41) is 4.25. The zero-order valence-corrected chi connectivity index (χ0v) is 20.8. The van der Waals surface area contributed by atoms with Crippen LogP contribution in [0.5, 0.6) is 0 Å². The Kier molecular flexibility index (Phi) is 7.47. The van der Waals surface area contributed by atoms with Gasteiger partial charge in [0.1, 0.15) is 0 Å². The topological polar surface area (TPSA) is 104 Å². The average molecular weight is 491 g/mol. The minimum Gasteiger partial charge on any atom is -0.466 e. The van der Waals surface area contributed by atoms with E-state index in [1.807, 2.05) is 44.2 Å². The molecule has 0 N–H and O–H groups in total. The zero-order chi connectivity index (χ0) is 25.8. The monoisotopic (exact) mass is 490 g/mol. The number of carbonyl (C=O) groups is 2. The summed E-state index contributed by atoms with van der Waals surface area (Å²) in [6, 6.07) is 14.6. The molecule has 1 fully saturated rings. The number of aromatic nitrogens is 3.